The number of aliphatic imine (C=N–C) groups is 1. The van der Waals surface area contributed by atoms with Crippen LogP contribution in [0.15, 0.2) is 11.2 Å². The van der Waals surface area contributed by atoms with Gasteiger partial charge in [-0.3, -0.25) is 9.89 Å². The van der Waals surface area contributed by atoms with Crippen molar-refractivity contribution in [2.24, 2.45) is 10.9 Å². The van der Waals surface area contributed by atoms with Crippen LogP contribution in [-0.2, 0) is 13.0 Å². The number of nitrogens with zero attached hydrogens (tertiary/aromatic N) is 3. The van der Waals surface area contributed by atoms with Crippen molar-refractivity contribution in [2.45, 2.75) is 45.3 Å². The SMILES string of the molecule is CCc1cnc(CNC(=NC)NCCC2CCN(CC(F)(F)F)CC2)s1.I. The highest BCUT2D eigenvalue weighted by molar-refractivity contribution is 14.0. The normalized spacial score (nSPS) is 16.9. The molecule has 2 rings (SSSR count). The number of alkyl halides is 3. The molecular weight excluding hydrogens is 490 g/mol. The zero-order valence-corrected chi connectivity index (χ0v) is 19.0. The van der Waals surface area contributed by atoms with Gasteiger partial charge in [0.05, 0.1) is 13.1 Å². The Kier molecular flexibility index (Phi) is 10.9. The quantitative estimate of drug-likeness (QED) is 0.328. The van der Waals surface area contributed by atoms with Crippen molar-refractivity contribution < 1.29 is 13.2 Å². The Bertz CT molecular complexity index is 571. The third-order valence-corrected chi connectivity index (χ3v) is 5.68. The summed E-state index contributed by atoms with van der Waals surface area (Å²) in [6, 6.07) is 0. The second-order valence-electron chi connectivity index (χ2n) is 6.55. The molecule has 0 aromatic carbocycles. The Hall–Kier alpha value is -0.620. The first-order chi connectivity index (χ1) is 12.4. The minimum absolute atomic E-state index is 0. The third kappa shape index (κ3) is 9.42. The minimum atomic E-state index is -4.10. The molecule has 0 amide bonds. The number of guanidine groups is 1. The van der Waals surface area contributed by atoms with E-state index in [2.05, 4.69) is 27.5 Å². The highest BCUT2D eigenvalue weighted by atomic mass is 127. The molecule has 156 valence electrons. The lowest BCUT2D eigenvalue weighted by atomic mass is 9.93. The number of rotatable bonds is 7. The van der Waals surface area contributed by atoms with Gasteiger partial charge in [-0.15, -0.1) is 35.3 Å². The summed E-state index contributed by atoms with van der Waals surface area (Å²) in [5.74, 6) is 1.20. The predicted octanol–water partition coefficient (Wildman–Crippen LogP) is 3.65. The summed E-state index contributed by atoms with van der Waals surface area (Å²) in [5, 5.41) is 7.56. The summed E-state index contributed by atoms with van der Waals surface area (Å²) in [5.41, 5.74) is 0. The van der Waals surface area contributed by atoms with Crippen LogP contribution in [0.1, 0.15) is 36.1 Å². The Morgan fingerprint density at radius 1 is 1.33 bits per heavy atom. The number of aromatic nitrogens is 1. The second-order valence-corrected chi connectivity index (χ2v) is 7.75. The van der Waals surface area contributed by atoms with Crippen LogP contribution in [0.4, 0.5) is 13.2 Å². The number of likely N-dealkylation sites (tertiary alicyclic amines) is 1. The lowest BCUT2D eigenvalue weighted by Gasteiger charge is -2.32. The molecule has 2 heterocycles. The van der Waals surface area contributed by atoms with Gasteiger partial charge in [0.15, 0.2) is 5.96 Å². The molecule has 0 saturated carbocycles. The average Bonchev–Trinajstić information content (AvgIpc) is 3.06. The second kappa shape index (κ2) is 12.1. The maximum Gasteiger partial charge on any atom is 0.401 e. The monoisotopic (exact) mass is 519 g/mol. The first-order valence-electron chi connectivity index (χ1n) is 9.06. The van der Waals surface area contributed by atoms with Gasteiger partial charge in [0, 0.05) is 24.7 Å². The van der Waals surface area contributed by atoms with Gasteiger partial charge in [-0.05, 0) is 44.7 Å². The minimum Gasteiger partial charge on any atom is -0.356 e. The Morgan fingerprint density at radius 2 is 2.04 bits per heavy atom. The summed E-state index contributed by atoms with van der Waals surface area (Å²) in [6.45, 7) is 3.79. The fourth-order valence-electron chi connectivity index (χ4n) is 3.05. The van der Waals surface area contributed by atoms with Gasteiger partial charge in [0.1, 0.15) is 5.01 Å². The molecule has 10 heteroatoms. The molecule has 1 aromatic rings. The predicted molar refractivity (Wildman–Crippen MR) is 115 cm³/mol. The van der Waals surface area contributed by atoms with Gasteiger partial charge in [0.2, 0.25) is 0 Å². The highest BCUT2D eigenvalue weighted by Crippen LogP contribution is 2.23. The lowest BCUT2D eigenvalue weighted by molar-refractivity contribution is -0.148. The number of nitrogens with one attached hydrogen (secondary N) is 2. The van der Waals surface area contributed by atoms with Crippen molar-refractivity contribution >= 4 is 41.3 Å². The van der Waals surface area contributed by atoms with Gasteiger partial charge in [-0.1, -0.05) is 6.92 Å². The van der Waals surface area contributed by atoms with Gasteiger partial charge < -0.3 is 10.6 Å². The van der Waals surface area contributed by atoms with Crippen molar-refractivity contribution in [1.82, 2.24) is 20.5 Å². The summed E-state index contributed by atoms with van der Waals surface area (Å²) < 4.78 is 37.2. The largest absolute Gasteiger partial charge is 0.401 e. The maximum absolute atomic E-state index is 12.4. The molecule has 0 unspecified atom stereocenters. The van der Waals surface area contributed by atoms with E-state index in [1.165, 1.54) is 9.78 Å². The third-order valence-electron chi connectivity index (χ3n) is 4.54. The fourth-order valence-corrected chi connectivity index (χ4v) is 3.86. The zero-order valence-electron chi connectivity index (χ0n) is 15.8. The molecule has 1 fully saturated rings. The molecule has 27 heavy (non-hydrogen) atoms. The first-order valence-corrected chi connectivity index (χ1v) is 9.88. The van der Waals surface area contributed by atoms with Crippen molar-refractivity contribution in [2.75, 3.05) is 33.2 Å². The van der Waals surface area contributed by atoms with Crippen LogP contribution in [0.5, 0.6) is 0 Å². The van der Waals surface area contributed by atoms with Crippen molar-refractivity contribution in [3.05, 3.63) is 16.1 Å². The molecule has 0 aliphatic carbocycles. The van der Waals surface area contributed by atoms with E-state index >= 15 is 0 Å². The van der Waals surface area contributed by atoms with E-state index in [0.717, 1.165) is 43.2 Å². The Morgan fingerprint density at radius 3 is 2.59 bits per heavy atom. The first kappa shape index (κ1) is 24.4. The van der Waals surface area contributed by atoms with E-state index < -0.39 is 12.7 Å². The van der Waals surface area contributed by atoms with Crippen LogP contribution < -0.4 is 10.6 Å². The summed E-state index contributed by atoms with van der Waals surface area (Å²) in [7, 11) is 1.73. The topological polar surface area (TPSA) is 52.6 Å². The standard InChI is InChI=1S/C17H28F3N5S.HI/c1-3-14-10-23-15(26-14)11-24-16(21-2)22-7-4-13-5-8-25(9-6-13)12-17(18,19)20;/h10,13H,3-9,11-12H2,1-2H3,(H2,21,22,24);1H. The maximum atomic E-state index is 12.4. The number of aryl methyl sites for hydroxylation is 1. The fraction of sp³-hybridized carbons (Fsp3) is 0.765. The molecule has 0 spiro atoms. The molecule has 1 saturated heterocycles. The molecule has 1 aliphatic heterocycles. The van der Waals surface area contributed by atoms with Crippen LogP contribution >= 0.6 is 35.3 Å². The van der Waals surface area contributed by atoms with E-state index in [0.29, 0.717) is 25.6 Å². The van der Waals surface area contributed by atoms with Crippen LogP contribution in [0.3, 0.4) is 0 Å². The van der Waals surface area contributed by atoms with Crippen LogP contribution in [0.25, 0.3) is 0 Å². The van der Waals surface area contributed by atoms with Gasteiger partial charge in [-0.25, -0.2) is 4.98 Å². The smallest absolute Gasteiger partial charge is 0.356 e. The van der Waals surface area contributed by atoms with E-state index in [-0.39, 0.29) is 24.0 Å². The van der Waals surface area contributed by atoms with Gasteiger partial charge in [-0.2, -0.15) is 13.2 Å². The number of hydrogen-bond acceptors (Lipinski definition) is 4. The van der Waals surface area contributed by atoms with Crippen molar-refractivity contribution in [3.63, 3.8) is 0 Å². The van der Waals surface area contributed by atoms with Gasteiger partial charge in [0.25, 0.3) is 0 Å². The molecule has 1 aromatic heterocycles. The molecule has 0 bridgehead atoms. The average molecular weight is 519 g/mol. The Labute approximate surface area is 180 Å². The van der Waals surface area contributed by atoms with Crippen LogP contribution in [0, 0.1) is 5.92 Å². The molecular formula is C17H29F3IN5S. The van der Waals surface area contributed by atoms with E-state index in [9.17, 15) is 13.2 Å². The molecule has 0 radical (unpaired) electrons. The summed E-state index contributed by atoms with van der Waals surface area (Å²) in [6.07, 6.45) is 1.39. The number of thiazole rings is 1. The summed E-state index contributed by atoms with van der Waals surface area (Å²) in [4.78, 5) is 11.3. The number of halogens is 4. The molecule has 0 atom stereocenters. The number of piperidine rings is 1. The summed E-state index contributed by atoms with van der Waals surface area (Å²) >= 11 is 1.69. The van der Waals surface area contributed by atoms with Crippen molar-refractivity contribution in [1.29, 1.82) is 0 Å². The van der Waals surface area contributed by atoms with Crippen molar-refractivity contribution in [3.8, 4) is 0 Å². The van der Waals surface area contributed by atoms with Crippen LogP contribution in [0.2, 0.25) is 0 Å². The van der Waals surface area contributed by atoms with E-state index in [4.69, 9.17) is 0 Å². The lowest BCUT2D eigenvalue weighted by Crippen LogP contribution is -2.41. The molecule has 1 aliphatic rings. The highest BCUT2D eigenvalue weighted by Gasteiger charge is 2.32. The number of hydrogen-bond donors (Lipinski definition) is 2. The van der Waals surface area contributed by atoms with Gasteiger partial charge >= 0.3 is 6.18 Å². The van der Waals surface area contributed by atoms with Crippen LogP contribution in [-0.4, -0.2) is 55.2 Å². The van der Waals surface area contributed by atoms with E-state index in [1.54, 1.807) is 18.4 Å². The zero-order chi connectivity index (χ0) is 19.0. The van der Waals surface area contributed by atoms with E-state index in [1.807, 2.05) is 6.20 Å². The molecule has 2 N–H and O–H groups in total. The Balaban J connectivity index is 0.00000364. The molecule has 5 nitrogen and oxygen atoms in total.